The molecule has 0 aromatic rings. The van der Waals surface area contributed by atoms with Crippen molar-refractivity contribution in [3.8, 4) is 0 Å². The normalized spacial score (nSPS) is 13.1. The number of rotatable bonds is 16. The Bertz CT molecular complexity index is 204. The van der Waals surface area contributed by atoms with Crippen molar-refractivity contribution in [2.75, 3.05) is 0 Å². The van der Waals surface area contributed by atoms with E-state index in [0.717, 1.165) is 18.8 Å². The van der Waals surface area contributed by atoms with E-state index in [1.807, 2.05) is 0 Å². The van der Waals surface area contributed by atoms with Crippen molar-refractivity contribution in [3.63, 3.8) is 0 Å². The lowest BCUT2D eigenvalue weighted by molar-refractivity contribution is 0.439. The summed E-state index contributed by atoms with van der Waals surface area (Å²) in [7, 11) is 0. The Kier molecular flexibility index (Phi) is 17.6. The van der Waals surface area contributed by atoms with Gasteiger partial charge in [-0.3, -0.25) is 0 Å². The molecule has 124 valence electrons. The van der Waals surface area contributed by atoms with Crippen molar-refractivity contribution >= 4 is 0 Å². The predicted molar refractivity (Wildman–Crippen MR) is 98.3 cm³/mol. The van der Waals surface area contributed by atoms with Gasteiger partial charge in [0.15, 0.2) is 0 Å². The van der Waals surface area contributed by atoms with E-state index in [-0.39, 0.29) is 0 Å². The van der Waals surface area contributed by atoms with Crippen molar-refractivity contribution in [1.29, 1.82) is 0 Å². The molecule has 0 aliphatic carbocycles. The van der Waals surface area contributed by atoms with E-state index in [1.165, 1.54) is 83.5 Å². The average molecular weight is 293 g/mol. The lowest BCUT2D eigenvalue weighted by Crippen LogP contribution is -1.95. The van der Waals surface area contributed by atoms with Crippen molar-refractivity contribution in [2.45, 2.75) is 103 Å². The van der Waals surface area contributed by atoms with Crippen LogP contribution in [0.25, 0.3) is 0 Å². The van der Waals surface area contributed by atoms with E-state index in [2.05, 4.69) is 32.9 Å². The van der Waals surface area contributed by atoms with Gasteiger partial charge in [0.05, 0.1) is 0 Å². The lowest BCUT2D eigenvalue weighted by Gasteiger charge is -2.10. The number of unbranched alkanes of at least 4 members (excludes halogenated alkanes) is 10. The molecule has 0 aliphatic heterocycles. The second-order valence-electron chi connectivity index (χ2n) is 6.62. The van der Waals surface area contributed by atoms with E-state index in [9.17, 15) is 0 Å². The van der Waals surface area contributed by atoms with Gasteiger partial charge in [-0.05, 0) is 31.6 Å². The molecule has 2 radical (unpaired) electrons. The molecule has 0 amide bonds. The van der Waals surface area contributed by atoms with E-state index in [4.69, 9.17) is 0 Å². The van der Waals surface area contributed by atoms with Crippen LogP contribution in [-0.4, -0.2) is 0 Å². The highest BCUT2D eigenvalue weighted by atomic mass is 14.1. The Labute approximate surface area is 135 Å². The highest BCUT2D eigenvalue weighted by Crippen LogP contribution is 2.17. The summed E-state index contributed by atoms with van der Waals surface area (Å²) in [4.78, 5) is 0. The minimum Gasteiger partial charge on any atom is -0.0885 e. The van der Waals surface area contributed by atoms with Gasteiger partial charge >= 0.3 is 0 Å². The van der Waals surface area contributed by atoms with Crippen LogP contribution in [-0.2, 0) is 0 Å². The Balaban J connectivity index is 3.20. The summed E-state index contributed by atoms with van der Waals surface area (Å²) in [6, 6.07) is 0. The van der Waals surface area contributed by atoms with Gasteiger partial charge in [-0.2, -0.15) is 0 Å². The topological polar surface area (TPSA) is 0 Å². The minimum atomic E-state index is 0.930. The zero-order chi connectivity index (χ0) is 15.6. The zero-order valence-corrected chi connectivity index (χ0v) is 14.8. The molecule has 0 fully saturated rings. The average Bonchev–Trinajstić information content (AvgIpc) is 2.49. The predicted octanol–water partition coefficient (Wildman–Crippen LogP) is 7.70. The Hall–Kier alpha value is -0.260. The molecule has 0 saturated heterocycles. The summed E-state index contributed by atoms with van der Waals surface area (Å²) in [5.41, 5.74) is 0. The van der Waals surface area contributed by atoms with Gasteiger partial charge < -0.3 is 0 Å². The maximum Gasteiger partial charge on any atom is -0.0351 e. The van der Waals surface area contributed by atoms with Gasteiger partial charge in [-0.25, -0.2) is 0 Å². The van der Waals surface area contributed by atoms with Gasteiger partial charge in [0, 0.05) is 0 Å². The quantitative estimate of drug-likeness (QED) is 0.202. The van der Waals surface area contributed by atoms with E-state index in [0.29, 0.717) is 0 Å². The molecule has 0 heterocycles. The zero-order valence-electron chi connectivity index (χ0n) is 14.8. The second-order valence-corrected chi connectivity index (χ2v) is 6.62. The molecule has 0 saturated carbocycles. The van der Waals surface area contributed by atoms with Crippen molar-refractivity contribution in [2.24, 2.45) is 5.92 Å². The maximum atomic E-state index is 3.90. The fourth-order valence-corrected chi connectivity index (χ4v) is 2.77. The van der Waals surface area contributed by atoms with Crippen molar-refractivity contribution in [1.82, 2.24) is 0 Å². The van der Waals surface area contributed by atoms with Crippen LogP contribution in [0.3, 0.4) is 0 Å². The Morgan fingerprint density at radius 1 is 0.619 bits per heavy atom. The van der Waals surface area contributed by atoms with Crippen molar-refractivity contribution in [3.05, 3.63) is 26.0 Å². The fraction of sp³-hybridized carbons (Fsp3) is 0.810. The van der Waals surface area contributed by atoms with Gasteiger partial charge in [-0.15, -0.1) is 0 Å². The van der Waals surface area contributed by atoms with Crippen LogP contribution in [0.1, 0.15) is 103 Å². The molecule has 0 spiro atoms. The molecule has 1 unspecified atom stereocenters. The molecule has 0 bridgehead atoms. The molecule has 0 aliphatic rings. The number of hydrogen-bond acceptors (Lipinski definition) is 0. The minimum absolute atomic E-state index is 0.930. The molecule has 0 aromatic heterocycles. The molecular formula is C21H40. The van der Waals surface area contributed by atoms with Crippen LogP contribution in [0.15, 0.2) is 12.2 Å². The third-order valence-corrected chi connectivity index (χ3v) is 4.30. The molecule has 0 heteroatoms. The first-order valence-electron chi connectivity index (χ1n) is 9.54. The van der Waals surface area contributed by atoms with Crippen LogP contribution in [0.5, 0.6) is 0 Å². The molecule has 0 N–H and O–H groups in total. The summed E-state index contributed by atoms with van der Waals surface area (Å²) in [6.45, 7) is 10.2. The third-order valence-electron chi connectivity index (χ3n) is 4.30. The first kappa shape index (κ1) is 20.7. The smallest absolute Gasteiger partial charge is 0.0351 e. The van der Waals surface area contributed by atoms with Crippen LogP contribution in [0, 0.1) is 19.8 Å². The van der Waals surface area contributed by atoms with E-state index >= 15 is 0 Å². The van der Waals surface area contributed by atoms with Crippen LogP contribution < -0.4 is 0 Å². The van der Waals surface area contributed by atoms with Crippen molar-refractivity contribution < 1.29 is 0 Å². The lowest BCUT2D eigenvalue weighted by atomic mass is 9.96. The standard InChI is InChI=1S/C21H40/c1-4-6-8-10-12-13-14-16-18-20-21(3)19-17-15-11-9-7-5-2/h12-13,21H,1-2,4-11,14-20H2,3H3/b13-12+. The largest absolute Gasteiger partial charge is 0.0885 e. The molecule has 0 nitrogen and oxygen atoms in total. The van der Waals surface area contributed by atoms with Gasteiger partial charge in [0.1, 0.15) is 0 Å². The number of allylic oxidation sites excluding steroid dienone is 2. The SMILES string of the molecule is [CH2]CCCC/C=C/CCCCC(C)CCCCCCC[CH2]. The van der Waals surface area contributed by atoms with Gasteiger partial charge in [-0.1, -0.05) is 104 Å². The first-order valence-corrected chi connectivity index (χ1v) is 9.54. The van der Waals surface area contributed by atoms with E-state index in [1.54, 1.807) is 0 Å². The Morgan fingerprint density at radius 2 is 1.05 bits per heavy atom. The van der Waals surface area contributed by atoms with Crippen LogP contribution in [0.4, 0.5) is 0 Å². The summed E-state index contributed by atoms with van der Waals surface area (Å²) in [6.07, 6.45) is 24.7. The monoisotopic (exact) mass is 292 g/mol. The fourth-order valence-electron chi connectivity index (χ4n) is 2.77. The highest BCUT2D eigenvalue weighted by molar-refractivity contribution is 4.81. The molecule has 0 rings (SSSR count). The molecule has 0 aromatic carbocycles. The molecule has 21 heavy (non-hydrogen) atoms. The summed E-state index contributed by atoms with van der Waals surface area (Å²) >= 11 is 0. The highest BCUT2D eigenvalue weighted by Gasteiger charge is 2.01. The van der Waals surface area contributed by atoms with Crippen LogP contribution >= 0.6 is 0 Å². The first-order chi connectivity index (χ1) is 10.3. The molecular weight excluding hydrogens is 252 g/mol. The maximum absolute atomic E-state index is 3.90. The summed E-state index contributed by atoms with van der Waals surface area (Å²) in [5, 5.41) is 0. The molecule has 1 atom stereocenters. The van der Waals surface area contributed by atoms with E-state index < -0.39 is 0 Å². The Morgan fingerprint density at radius 3 is 1.67 bits per heavy atom. The summed E-state index contributed by atoms with van der Waals surface area (Å²) in [5.74, 6) is 0.930. The summed E-state index contributed by atoms with van der Waals surface area (Å²) < 4.78 is 0. The second kappa shape index (κ2) is 17.8. The van der Waals surface area contributed by atoms with Gasteiger partial charge in [0.2, 0.25) is 0 Å². The van der Waals surface area contributed by atoms with Gasteiger partial charge in [0.25, 0.3) is 0 Å². The third kappa shape index (κ3) is 17.7. The number of hydrogen-bond donors (Lipinski definition) is 0. The van der Waals surface area contributed by atoms with Crippen LogP contribution in [0.2, 0.25) is 0 Å².